The number of rotatable bonds is 6. The first-order chi connectivity index (χ1) is 8.16. The second-order valence-corrected chi connectivity index (χ2v) is 4.82. The molecule has 1 aliphatic carbocycles. The first-order valence-electron chi connectivity index (χ1n) is 6.16. The fraction of sp³-hybridized carbons (Fsp3) is 0.538. The molecule has 2 N–H and O–H groups in total. The summed E-state index contributed by atoms with van der Waals surface area (Å²) in [5.41, 5.74) is 7.33. The molecular formula is C13H18N2O2. The molecule has 0 heterocycles. The van der Waals surface area contributed by atoms with E-state index in [-0.39, 0.29) is 10.6 Å². The van der Waals surface area contributed by atoms with Gasteiger partial charge in [-0.1, -0.05) is 12.1 Å². The summed E-state index contributed by atoms with van der Waals surface area (Å²) >= 11 is 0. The van der Waals surface area contributed by atoms with E-state index in [0.717, 1.165) is 30.7 Å². The smallest absolute Gasteiger partial charge is 0.269 e. The Morgan fingerprint density at radius 3 is 2.53 bits per heavy atom. The molecule has 1 fully saturated rings. The van der Waals surface area contributed by atoms with Crippen LogP contribution in [0.4, 0.5) is 5.69 Å². The van der Waals surface area contributed by atoms with Crippen molar-refractivity contribution in [3.8, 4) is 0 Å². The molecule has 4 nitrogen and oxygen atoms in total. The van der Waals surface area contributed by atoms with Crippen LogP contribution in [0.3, 0.4) is 0 Å². The summed E-state index contributed by atoms with van der Waals surface area (Å²) in [7, 11) is 0. The fourth-order valence-corrected chi connectivity index (χ4v) is 2.09. The molecule has 0 spiro atoms. The van der Waals surface area contributed by atoms with Crippen LogP contribution < -0.4 is 5.73 Å². The maximum atomic E-state index is 10.5. The minimum Gasteiger partial charge on any atom is -0.327 e. The first kappa shape index (κ1) is 12.0. The van der Waals surface area contributed by atoms with E-state index in [1.165, 1.54) is 12.8 Å². The van der Waals surface area contributed by atoms with Crippen LogP contribution in [0.25, 0.3) is 0 Å². The van der Waals surface area contributed by atoms with Crippen molar-refractivity contribution in [2.45, 2.75) is 38.1 Å². The molecule has 0 saturated heterocycles. The predicted molar refractivity (Wildman–Crippen MR) is 66.7 cm³/mol. The highest BCUT2D eigenvalue weighted by molar-refractivity contribution is 5.32. The van der Waals surface area contributed by atoms with Crippen LogP contribution in [0.5, 0.6) is 0 Å². The number of hydrogen-bond donors (Lipinski definition) is 1. The van der Waals surface area contributed by atoms with Gasteiger partial charge in [-0.2, -0.15) is 0 Å². The molecule has 2 rings (SSSR count). The molecule has 1 aliphatic rings. The Morgan fingerprint density at radius 1 is 1.35 bits per heavy atom. The Hall–Kier alpha value is -1.42. The Morgan fingerprint density at radius 2 is 2.00 bits per heavy atom. The topological polar surface area (TPSA) is 69.2 Å². The van der Waals surface area contributed by atoms with Gasteiger partial charge in [0.05, 0.1) is 4.92 Å². The molecule has 1 unspecified atom stereocenters. The molecule has 0 amide bonds. The Labute approximate surface area is 101 Å². The lowest BCUT2D eigenvalue weighted by Crippen LogP contribution is -2.22. The second-order valence-electron chi connectivity index (χ2n) is 4.82. The summed E-state index contributed by atoms with van der Waals surface area (Å²) in [6, 6.07) is 7.15. The van der Waals surface area contributed by atoms with Gasteiger partial charge in [-0.3, -0.25) is 10.1 Å². The van der Waals surface area contributed by atoms with Crippen molar-refractivity contribution in [2.24, 2.45) is 11.7 Å². The normalized spacial score (nSPS) is 16.8. The SMILES string of the molecule is NC(CCCc1ccc([N+](=O)[O-])cc1)C1CC1. The average molecular weight is 234 g/mol. The number of nitro benzene ring substituents is 1. The van der Waals surface area contributed by atoms with E-state index in [0.29, 0.717) is 6.04 Å². The minimum atomic E-state index is -0.368. The van der Waals surface area contributed by atoms with Gasteiger partial charge in [0, 0.05) is 18.2 Å². The summed E-state index contributed by atoms with van der Waals surface area (Å²) < 4.78 is 0. The third-order valence-corrected chi connectivity index (χ3v) is 3.38. The van der Waals surface area contributed by atoms with Crippen molar-refractivity contribution in [3.63, 3.8) is 0 Å². The summed E-state index contributed by atoms with van der Waals surface area (Å²) in [6.45, 7) is 0. The predicted octanol–water partition coefficient (Wildman–Crippen LogP) is 2.65. The van der Waals surface area contributed by atoms with Crippen molar-refractivity contribution >= 4 is 5.69 Å². The first-order valence-corrected chi connectivity index (χ1v) is 6.16. The van der Waals surface area contributed by atoms with Crippen molar-refractivity contribution in [2.75, 3.05) is 0 Å². The van der Waals surface area contributed by atoms with Crippen molar-refractivity contribution < 1.29 is 4.92 Å². The van der Waals surface area contributed by atoms with Gasteiger partial charge in [0.2, 0.25) is 0 Å². The van der Waals surface area contributed by atoms with Gasteiger partial charge in [0.1, 0.15) is 0 Å². The Kier molecular flexibility index (Phi) is 3.74. The molecule has 4 heteroatoms. The van der Waals surface area contributed by atoms with E-state index in [4.69, 9.17) is 5.73 Å². The lowest BCUT2D eigenvalue weighted by atomic mass is 10.0. The zero-order chi connectivity index (χ0) is 12.3. The van der Waals surface area contributed by atoms with Gasteiger partial charge in [-0.15, -0.1) is 0 Å². The second kappa shape index (κ2) is 5.27. The summed E-state index contributed by atoms with van der Waals surface area (Å²) in [6.07, 6.45) is 5.66. The summed E-state index contributed by atoms with van der Waals surface area (Å²) in [5, 5.41) is 10.5. The van der Waals surface area contributed by atoms with Crippen molar-refractivity contribution in [3.05, 3.63) is 39.9 Å². The zero-order valence-corrected chi connectivity index (χ0v) is 9.84. The van der Waals surface area contributed by atoms with Crippen LogP contribution in [-0.4, -0.2) is 11.0 Å². The quantitative estimate of drug-likeness (QED) is 0.607. The number of nitro groups is 1. The highest BCUT2D eigenvalue weighted by Gasteiger charge is 2.27. The Bertz CT molecular complexity index is 385. The largest absolute Gasteiger partial charge is 0.327 e. The van der Waals surface area contributed by atoms with E-state index in [1.807, 2.05) is 12.1 Å². The molecule has 17 heavy (non-hydrogen) atoms. The number of nitrogens with two attached hydrogens (primary N) is 1. The van der Waals surface area contributed by atoms with Gasteiger partial charge in [-0.25, -0.2) is 0 Å². The fourth-order valence-electron chi connectivity index (χ4n) is 2.09. The van der Waals surface area contributed by atoms with Crippen LogP contribution >= 0.6 is 0 Å². The van der Waals surface area contributed by atoms with Crippen LogP contribution in [0.15, 0.2) is 24.3 Å². The van der Waals surface area contributed by atoms with E-state index >= 15 is 0 Å². The van der Waals surface area contributed by atoms with Crippen molar-refractivity contribution in [1.29, 1.82) is 0 Å². The Balaban J connectivity index is 1.76. The monoisotopic (exact) mass is 234 g/mol. The molecule has 1 aromatic carbocycles. The van der Waals surface area contributed by atoms with Crippen LogP contribution in [-0.2, 0) is 6.42 Å². The van der Waals surface area contributed by atoms with Crippen LogP contribution in [0.1, 0.15) is 31.2 Å². The van der Waals surface area contributed by atoms with Crippen LogP contribution in [0, 0.1) is 16.0 Å². The third kappa shape index (κ3) is 3.53. The highest BCUT2D eigenvalue weighted by Crippen LogP contribution is 2.33. The number of hydrogen-bond acceptors (Lipinski definition) is 3. The number of benzene rings is 1. The van der Waals surface area contributed by atoms with Gasteiger partial charge in [0.15, 0.2) is 0 Å². The van der Waals surface area contributed by atoms with Gasteiger partial charge < -0.3 is 5.73 Å². The summed E-state index contributed by atoms with van der Waals surface area (Å²) in [4.78, 5) is 10.1. The van der Waals surface area contributed by atoms with Gasteiger partial charge in [0.25, 0.3) is 5.69 Å². The minimum absolute atomic E-state index is 0.156. The maximum Gasteiger partial charge on any atom is 0.269 e. The molecule has 0 aliphatic heterocycles. The molecule has 0 aromatic heterocycles. The average Bonchev–Trinajstić information content (AvgIpc) is 3.13. The molecule has 0 bridgehead atoms. The molecule has 1 aromatic rings. The third-order valence-electron chi connectivity index (χ3n) is 3.38. The molecule has 92 valence electrons. The zero-order valence-electron chi connectivity index (χ0n) is 9.84. The van der Waals surface area contributed by atoms with Gasteiger partial charge in [-0.05, 0) is 43.6 Å². The lowest BCUT2D eigenvalue weighted by Gasteiger charge is -2.09. The molecule has 1 saturated carbocycles. The van der Waals surface area contributed by atoms with E-state index in [9.17, 15) is 10.1 Å². The van der Waals surface area contributed by atoms with Crippen LogP contribution in [0.2, 0.25) is 0 Å². The lowest BCUT2D eigenvalue weighted by molar-refractivity contribution is -0.384. The van der Waals surface area contributed by atoms with E-state index in [1.54, 1.807) is 12.1 Å². The van der Waals surface area contributed by atoms with E-state index in [2.05, 4.69) is 0 Å². The highest BCUT2D eigenvalue weighted by atomic mass is 16.6. The van der Waals surface area contributed by atoms with Crippen molar-refractivity contribution in [1.82, 2.24) is 0 Å². The molecule has 0 radical (unpaired) electrons. The van der Waals surface area contributed by atoms with Gasteiger partial charge >= 0.3 is 0 Å². The number of aryl methyl sites for hydroxylation is 1. The van der Waals surface area contributed by atoms with E-state index < -0.39 is 0 Å². The maximum absolute atomic E-state index is 10.5. The number of nitrogens with zero attached hydrogens (tertiary/aromatic N) is 1. The molecule has 1 atom stereocenters. The number of non-ortho nitro benzene ring substituents is 1. The summed E-state index contributed by atoms with van der Waals surface area (Å²) in [5.74, 6) is 0.756. The standard InChI is InChI=1S/C13H18N2O2/c14-13(11-6-7-11)3-1-2-10-4-8-12(9-5-10)15(16)17/h4-5,8-9,11,13H,1-3,6-7,14H2. The molecular weight excluding hydrogens is 216 g/mol.